The van der Waals surface area contributed by atoms with Crippen molar-refractivity contribution in [3.63, 3.8) is 0 Å². The summed E-state index contributed by atoms with van der Waals surface area (Å²) in [5.74, 6) is 0.991. The number of nitrogen functional groups attached to an aromatic ring is 1. The highest BCUT2D eigenvalue weighted by molar-refractivity contribution is 5.82. The summed E-state index contributed by atoms with van der Waals surface area (Å²) in [7, 11) is 0. The van der Waals surface area contributed by atoms with Crippen LogP contribution >= 0.6 is 0 Å². The molecule has 0 saturated heterocycles. The maximum Gasteiger partial charge on any atom is 0.135 e. The van der Waals surface area contributed by atoms with E-state index in [0.717, 1.165) is 6.21 Å². The van der Waals surface area contributed by atoms with Crippen LogP contribution in [0.15, 0.2) is 6.20 Å². The fourth-order valence-electron chi connectivity index (χ4n) is 0.608. The summed E-state index contributed by atoms with van der Waals surface area (Å²) >= 11 is 0. The first-order valence-corrected chi connectivity index (χ1v) is 3.83. The van der Waals surface area contributed by atoms with Gasteiger partial charge in [0.05, 0.1) is 5.56 Å². The zero-order chi connectivity index (χ0) is 9.56. The Morgan fingerprint density at radius 1 is 1.50 bits per heavy atom. The van der Waals surface area contributed by atoms with E-state index in [2.05, 4.69) is 9.97 Å². The molecule has 0 unspecified atom stereocenters. The van der Waals surface area contributed by atoms with Crippen LogP contribution in [0, 0.1) is 12.3 Å². The number of nitrogens with one attached hydrogen (secondary N) is 1. The van der Waals surface area contributed by atoms with Crippen LogP contribution in [-0.4, -0.2) is 16.2 Å². The predicted molar refractivity (Wildman–Crippen MR) is 50.4 cm³/mol. The molecule has 0 aliphatic heterocycles. The van der Waals surface area contributed by atoms with E-state index in [-0.39, 0.29) is 0 Å². The van der Waals surface area contributed by atoms with Gasteiger partial charge in [-0.25, -0.2) is 9.97 Å². The molecule has 1 heterocycles. The monoisotopic (exact) mass is 166 g/mol. The topological polar surface area (TPSA) is 75.7 Å². The maximum absolute atomic E-state index is 6.87. The van der Waals surface area contributed by atoms with Crippen LogP contribution in [0.5, 0.6) is 0 Å². The van der Waals surface area contributed by atoms with Crippen LogP contribution in [0.25, 0.3) is 0 Å². The van der Waals surface area contributed by atoms with Gasteiger partial charge in [0.2, 0.25) is 0 Å². The molecule has 1 aromatic heterocycles. The summed E-state index contributed by atoms with van der Waals surface area (Å²) in [6.45, 7) is 5.75. The van der Waals surface area contributed by atoms with E-state index in [1.54, 1.807) is 6.92 Å². The molecule has 1 rings (SSSR count). The summed E-state index contributed by atoms with van der Waals surface area (Å²) in [6, 6.07) is 0. The molecular weight excluding hydrogens is 152 g/mol. The minimum Gasteiger partial charge on any atom is -0.383 e. The molecule has 0 amide bonds. The van der Waals surface area contributed by atoms with Crippen LogP contribution in [0.1, 0.15) is 25.2 Å². The minimum absolute atomic E-state index is 0.363. The molecule has 0 fully saturated rings. The van der Waals surface area contributed by atoms with E-state index in [9.17, 15) is 0 Å². The first kappa shape index (κ1) is 10.6. The van der Waals surface area contributed by atoms with Crippen LogP contribution in [0.3, 0.4) is 0 Å². The molecule has 4 nitrogen and oxygen atoms in total. The zero-order valence-electron chi connectivity index (χ0n) is 7.63. The average Bonchev–Trinajstić information content (AvgIpc) is 2.08. The Kier molecular flexibility index (Phi) is 4.60. The van der Waals surface area contributed by atoms with E-state index in [1.807, 2.05) is 13.8 Å². The van der Waals surface area contributed by atoms with Crippen LogP contribution in [-0.2, 0) is 0 Å². The van der Waals surface area contributed by atoms with Gasteiger partial charge in [-0.15, -0.1) is 0 Å². The van der Waals surface area contributed by atoms with Gasteiger partial charge in [-0.1, -0.05) is 13.8 Å². The second-order valence-corrected chi connectivity index (χ2v) is 1.90. The summed E-state index contributed by atoms with van der Waals surface area (Å²) in [4.78, 5) is 7.73. The molecule has 0 radical (unpaired) electrons. The second kappa shape index (κ2) is 5.23. The molecule has 0 saturated carbocycles. The number of hydrogen-bond acceptors (Lipinski definition) is 4. The van der Waals surface area contributed by atoms with Gasteiger partial charge in [0, 0.05) is 12.4 Å². The Hall–Kier alpha value is -1.45. The van der Waals surface area contributed by atoms with Crippen molar-refractivity contribution in [2.24, 2.45) is 0 Å². The van der Waals surface area contributed by atoms with Crippen molar-refractivity contribution in [2.45, 2.75) is 20.8 Å². The van der Waals surface area contributed by atoms with Crippen molar-refractivity contribution in [3.8, 4) is 0 Å². The summed E-state index contributed by atoms with van der Waals surface area (Å²) in [6.07, 6.45) is 2.67. The lowest BCUT2D eigenvalue weighted by molar-refractivity contribution is 1.06. The molecule has 0 aliphatic rings. The molecule has 12 heavy (non-hydrogen) atoms. The molecule has 3 N–H and O–H groups in total. The van der Waals surface area contributed by atoms with Crippen LogP contribution in [0.4, 0.5) is 5.82 Å². The van der Waals surface area contributed by atoms with E-state index >= 15 is 0 Å². The standard InChI is InChI=1S/C6H8N4.C2H6/c1-4-9-3-5(2-7)6(8)10-4;1-2/h2-3,7H,1H3,(H2,8,9,10);1-2H3. The Morgan fingerprint density at radius 2 is 2.08 bits per heavy atom. The Balaban J connectivity index is 0.000000561. The van der Waals surface area contributed by atoms with Gasteiger partial charge in [0.15, 0.2) is 0 Å². The van der Waals surface area contributed by atoms with Gasteiger partial charge < -0.3 is 11.1 Å². The first-order chi connectivity index (χ1) is 5.74. The lowest BCUT2D eigenvalue weighted by atomic mass is 10.3. The van der Waals surface area contributed by atoms with Crippen molar-refractivity contribution < 1.29 is 0 Å². The summed E-state index contributed by atoms with van der Waals surface area (Å²) in [5, 5.41) is 6.87. The molecule has 4 heteroatoms. The van der Waals surface area contributed by atoms with Gasteiger partial charge in [0.1, 0.15) is 11.6 Å². The summed E-state index contributed by atoms with van der Waals surface area (Å²) < 4.78 is 0. The third-order valence-corrected chi connectivity index (χ3v) is 1.12. The summed E-state index contributed by atoms with van der Waals surface area (Å²) in [5.41, 5.74) is 5.99. The predicted octanol–water partition coefficient (Wildman–Crippen LogP) is 1.39. The fraction of sp³-hybridized carbons (Fsp3) is 0.375. The lowest BCUT2D eigenvalue weighted by Crippen LogP contribution is -1.99. The van der Waals surface area contributed by atoms with E-state index < -0.39 is 0 Å². The number of aryl methyl sites for hydroxylation is 1. The lowest BCUT2D eigenvalue weighted by Gasteiger charge is -1.96. The number of nitrogens with two attached hydrogens (primary N) is 1. The molecule has 0 spiro atoms. The number of anilines is 1. The highest BCUT2D eigenvalue weighted by Crippen LogP contribution is 2.02. The van der Waals surface area contributed by atoms with Gasteiger partial charge in [-0.3, -0.25) is 0 Å². The maximum atomic E-state index is 6.87. The Morgan fingerprint density at radius 3 is 2.50 bits per heavy atom. The van der Waals surface area contributed by atoms with Gasteiger partial charge >= 0.3 is 0 Å². The minimum atomic E-state index is 0.363. The molecule has 66 valence electrons. The van der Waals surface area contributed by atoms with Gasteiger partial charge in [-0.05, 0) is 6.92 Å². The Labute approximate surface area is 72.4 Å². The third kappa shape index (κ3) is 2.65. The number of hydrogen-bond donors (Lipinski definition) is 2. The SMILES string of the molecule is CC.Cc1ncc(C=N)c(N)n1. The number of nitrogens with zero attached hydrogens (tertiary/aromatic N) is 2. The van der Waals surface area contributed by atoms with Gasteiger partial charge in [0.25, 0.3) is 0 Å². The van der Waals surface area contributed by atoms with Crippen molar-refractivity contribution in [2.75, 3.05) is 5.73 Å². The molecule has 0 aromatic carbocycles. The van der Waals surface area contributed by atoms with Crippen LogP contribution < -0.4 is 5.73 Å². The second-order valence-electron chi connectivity index (χ2n) is 1.90. The smallest absolute Gasteiger partial charge is 0.135 e. The Bertz CT molecular complexity index is 257. The highest BCUT2D eigenvalue weighted by atomic mass is 14.9. The van der Waals surface area contributed by atoms with Crippen LogP contribution in [0.2, 0.25) is 0 Å². The number of rotatable bonds is 1. The zero-order valence-corrected chi connectivity index (χ0v) is 7.63. The van der Waals surface area contributed by atoms with Crippen molar-refractivity contribution in [1.82, 2.24) is 9.97 Å². The van der Waals surface area contributed by atoms with Crippen molar-refractivity contribution in [1.29, 1.82) is 5.41 Å². The first-order valence-electron chi connectivity index (χ1n) is 3.83. The van der Waals surface area contributed by atoms with E-state index in [1.165, 1.54) is 6.20 Å². The molecular formula is C8H14N4. The molecule has 0 bridgehead atoms. The van der Waals surface area contributed by atoms with Crippen molar-refractivity contribution in [3.05, 3.63) is 17.6 Å². The van der Waals surface area contributed by atoms with Crippen molar-refractivity contribution >= 4 is 12.0 Å². The molecule has 0 aliphatic carbocycles. The largest absolute Gasteiger partial charge is 0.383 e. The third-order valence-electron chi connectivity index (χ3n) is 1.12. The normalized spacial score (nSPS) is 8.25. The molecule has 1 aromatic rings. The number of aromatic nitrogens is 2. The quantitative estimate of drug-likeness (QED) is 0.619. The fourth-order valence-corrected chi connectivity index (χ4v) is 0.608. The van der Waals surface area contributed by atoms with E-state index in [0.29, 0.717) is 17.2 Å². The van der Waals surface area contributed by atoms with Gasteiger partial charge in [-0.2, -0.15) is 0 Å². The highest BCUT2D eigenvalue weighted by Gasteiger charge is 1.95. The average molecular weight is 166 g/mol. The molecule has 0 atom stereocenters. The van der Waals surface area contributed by atoms with E-state index in [4.69, 9.17) is 11.1 Å².